The third kappa shape index (κ3) is 2.81. The second-order valence-electron chi connectivity index (χ2n) is 5.59. The van der Waals surface area contributed by atoms with Crippen molar-refractivity contribution < 1.29 is 4.79 Å². The van der Waals surface area contributed by atoms with Crippen LogP contribution in [0.2, 0.25) is 10.2 Å². The first kappa shape index (κ1) is 15.9. The summed E-state index contributed by atoms with van der Waals surface area (Å²) in [6.45, 7) is 0. The number of nitrogens with one attached hydrogen (secondary N) is 1. The second kappa shape index (κ2) is 6.02. The summed E-state index contributed by atoms with van der Waals surface area (Å²) in [4.78, 5) is 21.5. The number of rotatable bonds is 2. The van der Waals surface area contributed by atoms with E-state index in [1.807, 2.05) is 37.4 Å². The molecule has 0 fully saturated rings. The van der Waals surface area contributed by atoms with Crippen molar-refractivity contribution in [2.75, 3.05) is 5.32 Å². The van der Waals surface area contributed by atoms with Crippen LogP contribution in [-0.2, 0) is 7.05 Å². The van der Waals surface area contributed by atoms with E-state index in [2.05, 4.69) is 15.3 Å². The van der Waals surface area contributed by atoms with Gasteiger partial charge in [0.2, 0.25) is 5.95 Å². The Balaban J connectivity index is 1.77. The van der Waals surface area contributed by atoms with Gasteiger partial charge in [0.15, 0.2) is 0 Å². The Morgan fingerprint density at radius 1 is 1.04 bits per heavy atom. The zero-order valence-electron chi connectivity index (χ0n) is 13.1. The van der Waals surface area contributed by atoms with Gasteiger partial charge >= 0.3 is 0 Å². The molecular formula is C18H12Cl2N4O. The highest BCUT2D eigenvalue weighted by atomic mass is 35.5. The first-order valence-corrected chi connectivity index (χ1v) is 8.27. The number of carbonyl (C=O) groups is 1. The van der Waals surface area contributed by atoms with E-state index < -0.39 is 0 Å². The van der Waals surface area contributed by atoms with Gasteiger partial charge in [0.25, 0.3) is 5.91 Å². The Bertz CT molecular complexity index is 1140. The molecule has 2 aromatic heterocycles. The topological polar surface area (TPSA) is 59.8 Å². The van der Waals surface area contributed by atoms with Crippen molar-refractivity contribution in [3.8, 4) is 0 Å². The molecule has 1 N–H and O–H groups in total. The maximum Gasteiger partial charge on any atom is 0.258 e. The number of aromatic nitrogens is 3. The van der Waals surface area contributed by atoms with Gasteiger partial charge in [0.1, 0.15) is 5.15 Å². The number of para-hydroxylation sites is 1. The van der Waals surface area contributed by atoms with Crippen molar-refractivity contribution in [1.29, 1.82) is 0 Å². The third-order valence-corrected chi connectivity index (χ3v) is 4.43. The van der Waals surface area contributed by atoms with Crippen molar-refractivity contribution in [3.05, 3.63) is 64.3 Å². The first-order valence-electron chi connectivity index (χ1n) is 7.51. The second-order valence-corrected chi connectivity index (χ2v) is 6.41. The van der Waals surface area contributed by atoms with Crippen LogP contribution in [0.3, 0.4) is 0 Å². The molecule has 7 heteroatoms. The van der Waals surface area contributed by atoms with Gasteiger partial charge in [-0.1, -0.05) is 41.4 Å². The molecule has 1 amide bonds. The van der Waals surface area contributed by atoms with E-state index in [1.54, 1.807) is 22.8 Å². The lowest BCUT2D eigenvalue weighted by Gasteiger charge is -2.08. The van der Waals surface area contributed by atoms with Gasteiger partial charge in [-0.3, -0.25) is 10.1 Å². The number of pyridine rings is 1. The number of imidazole rings is 1. The number of anilines is 1. The van der Waals surface area contributed by atoms with Crippen LogP contribution in [0.15, 0.2) is 48.5 Å². The number of aryl methyl sites for hydroxylation is 1. The van der Waals surface area contributed by atoms with Crippen LogP contribution >= 0.6 is 23.2 Å². The SMILES string of the molecule is Cn1c(NC(=O)c2cc(Cl)nc3ccccc23)nc2cc(Cl)ccc21. The van der Waals surface area contributed by atoms with Crippen molar-refractivity contribution in [3.63, 3.8) is 0 Å². The minimum atomic E-state index is -0.301. The molecule has 5 nitrogen and oxygen atoms in total. The molecule has 124 valence electrons. The van der Waals surface area contributed by atoms with E-state index in [9.17, 15) is 4.79 Å². The van der Waals surface area contributed by atoms with Crippen LogP contribution in [0.25, 0.3) is 21.9 Å². The summed E-state index contributed by atoms with van der Waals surface area (Å²) < 4.78 is 1.80. The van der Waals surface area contributed by atoms with Crippen molar-refractivity contribution in [1.82, 2.24) is 14.5 Å². The Kier molecular flexibility index (Phi) is 3.82. The minimum Gasteiger partial charge on any atom is -0.313 e. The zero-order chi connectivity index (χ0) is 17.6. The quantitative estimate of drug-likeness (QED) is 0.521. The van der Waals surface area contributed by atoms with Crippen LogP contribution in [0, 0.1) is 0 Å². The molecule has 0 saturated carbocycles. The molecule has 0 bridgehead atoms. The fourth-order valence-corrected chi connectivity index (χ4v) is 3.15. The van der Waals surface area contributed by atoms with E-state index in [4.69, 9.17) is 23.2 Å². The summed E-state index contributed by atoms with van der Waals surface area (Å²) in [5.74, 6) is 0.129. The molecule has 0 aliphatic heterocycles. The normalized spacial score (nSPS) is 11.2. The Hall–Kier alpha value is -2.63. The number of amides is 1. The van der Waals surface area contributed by atoms with Gasteiger partial charge in [0, 0.05) is 17.5 Å². The maximum atomic E-state index is 12.8. The number of nitrogens with zero attached hydrogens (tertiary/aromatic N) is 3. The highest BCUT2D eigenvalue weighted by molar-refractivity contribution is 6.31. The van der Waals surface area contributed by atoms with Gasteiger partial charge in [0.05, 0.1) is 22.1 Å². The van der Waals surface area contributed by atoms with Gasteiger partial charge in [-0.2, -0.15) is 0 Å². The van der Waals surface area contributed by atoms with Gasteiger partial charge in [-0.25, -0.2) is 9.97 Å². The lowest BCUT2D eigenvalue weighted by molar-refractivity contribution is 0.102. The first-order chi connectivity index (χ1) is 12.0. The number of carbonyl (C=O) groups excluding carboxylic acids is 1. The van der Waals surface area contributed by atoms with Gasteiger partial charge in [-0.05, 0) is 30.3 Å². The Morgan fingerprint density at radius 3 is 2.68 bits per heavy atom. The summed E-state index contributed by atoms with van der Waals surface area (Å²) in [5.41, 5.74) is 2.69. The molecule has 2 aromatic carbocycles. The van der Waals surface area contributed by atoms with E-state index in [1.165, 1.54) is 0 Å². The lowest BCUT2D eigenvalue weighted by Crippen LogP contribution is -2.15. The molecular weight excluding hydrogens is 359 g/mol. The van der Waals surface area contributed by atoms with Crippen molar-refractivity contribution in [2.24, 2.45) is 7.05 Å². The largest absolute Gasteiger partial charge is 0.313 e. The molecule has 0 atom stereocenters. The molecule has 4 rings (SSSR count). The van der Waals surface area contributed by atoms with E-state index in [0.29, 0.717) is 27.6 Å². The summed E-state index contributed by atoms with van der Waals surface area (Å²) in [5, 5.41) is 4.42. The monoisotopic (exact) mass is 370 g/mol. The number of hydrogen-bond donors (Lipinski definition) is 1. The summed E-state index contributed by atoms with van der Waals surface area (Å²) in [7, 11) is 1.83. The fraction of sp³-hybridized carbons (Fsp3) is 0.0556. The fourth-order valence-electron chi connectivity index (χ4n) is 2.78. The molecule has 0 saturated heterocycles. The van der Waals surface area contributed by atoms with E-state index in [0.717, 1.165) is 10.9 Å². The average molecular weight is 371 g/mol. The number of benzene rings is 2. The van der Waals surface area contributed by atoms with Gasteiger partial charge in [-0.15, -0.1) is 0 Å². The van der Waals surface area contributed by atoms with Crippen LogP contribution in [0.5, 0.6) is 0 Å². The number of fused-ring (bicyclic) bond motifs is 2. The molecule has 2 heterocycles. The zero-order valence-corrected chi connectivity index (χ0v) is 14.6. The highest BCUT2D eigenvalue weighted by Crippen LogP contribution is 2.24. The molecule has 0 radical (unpaired) electrons. The van der Waals surface area contributed by atoms with Gasteiger partial charge < -0.3 is 4.57 Å². The number of hydrogen-bond acceptors (Lipinski definition) is 3. The number of halogens is 2. The Morgan fingerprint density at radius 2 is 1.84 bits per heavy atom. The highest BCUT2D eigenvalue weighted by Gasteiger charge is 2.16. The molecule has 25 heavy (non-hydrogen) atoms. The maximum absolute atomic E-state index is 12.8. The van der Waals surface area contributed by atoms with E-state index in [-0.39, 0.29) is 11.1 Å². The van der Waals surface area contributed by atoms with Crippen LogP contribution in [-0.4, -0.2) is 20.4 Å². The lowest BCUT2D eigenvalue weighted by atomic mass is 10.1. The third-order valence-electron chi connectivity index (χ3n) is 4.00. The van der Waals surface area contributed by atoms with E-state index >= 15 is 0 Å². The molecule has 4 aromatic rings. The Labute approximate surface area is 153 Å². The predicted octanol–water partition coefficient (Wildman–Crippen LogP) is 4.68. The molecule has 0 aliphatic rings. The standard InChI is InChI=1S/C18H12Cl2N4O/c1-24-15-7-6-10(19)8-14(15)22-18(24)23-17(25)12-9-16(20)21-13-5-3-2-4-11(12)13/h2-9H,1H3,(H,22,23,25). The molecule has 0 unspecified atom stereocenters. The molecule has 0 aliphatic carbocycles. The van der Waals surface area contributed by atoms with Crippen molar-refractivity contribution >= 4 is 57.0 Å². The minimum absolute atomic E-state index is 0.264. The summed E-state index contributed by atoms with van der Waals surface area (Å²) in [6.07, 6.45) is 0. The van der Waals surface area contributed by atoms with Crippen molar-refractivity contribution in [2.45, 2.75) is 0 Å². The molecule has 0 spiro atoms. The van der Waals surface area contributed by atoms with Crippen LogP contribution < -0.4 is 5.32 Å². The average Bonchev–Trinajstić information content (AvgIpc) is 2.89. The predicted molar refractivity (Wildman–Crippen MR) is 100 cm³/mol. The van der Waals surface area contributed by atoms with Crippen LogP contribution in [0.4, 0.5) is 5.95 Å². The summed E-state index contributed by atoms with van der Waals surface area (Å²) >= 11 is 12.1. The summed E-state index contributed by atoms with van der Waals surface area (Å²) in [6, 6.07) is 14.3. The van der Waals surface area contributed by atoms with Crippen LogP contribution in [0.1, 0.15) is 10.4 Å². The smallest absolute Gasteiger partial charge is 0.258 e.